The Morgan fingerprint density at radius 1 is 1.44 bits per heavy atom. The molecule has 4 heteroatoms. The molecule has 1 aromatic rings. The number of pyridine rings is 1. The molecule has 1 rings (SSSR count). The smallest absolute Gasteiger partial charge is 0.227 e. The van der Waals surface area contributed by atoms with Crippen LogP contribution in [0.3, 0.4) is 0 Å². The van der Waals surface area contributed by atoms with Gasteiger partial charge in [-0.05, 0) is 6.07 Å². The first-order valence-corrected chi connectivity index (χ1v) is 2.65. The number of rotatable bonds is 0. The quantitative estimate of drug-likeness (QED) is 0.435. The minimum atomic E-state index is -0.877. The van der Waals surface area contributed by atoms with Gasteiger partial charge in [0.1, 0.15) is 5.82 Å². The first-order valence-electron chi connectivity index (χ1n) is 2.21. The third kappa shape index (κ3) is 1.18. The fraction of sp³-hybridized carbons (Fsp3) is 0. The summed E-state index contributed by atoms with van der Waals surface area (Å²) in [6.45, 7) is 0. The number of nitrogens with zero attached hydrogens (tertiary/aromatic N) is 1. The van der Waals surface area contributed by atoms with E-state index in [1.54, 1.807) is 0 Å². The number of hydrogen-bond acceptors (Lipinski definition) is 2. The van der Waals surface area contributed by atoms with Crippen molar-refractivity contribution in [3.8, 4) is 0 Å². The summed E-state index contributed by atoms with van der Waals surface area (Å²) in [5, 5.41) is 0. The average molecular weight is 147 g/mol. The predicted molar refractivity (Wildman–Crippen MR) is 31.4 cm³/mol. The number of hydrogen-bond donors (Lipinski definition) is 1. The summed E-state index contributed by atoms with van der Waals surface area (Å²) in [7, 11) is 0. The highest BCUT2D eigenvalue weighted by molar-refractivity contribution is 7.80. The SMILES string of the molecule is Fc1ccnc(F)c1S. The highest BCUT2D eigenvalue weighted by Gasteiger charge is 2.02. The van der Waals surface area contributed by atoms with Gasteiger partial charge in [-0.25, -0.2) is 9.37 Å². The lowest BCUT2D eigenvalue weighted by Gasteiger charge is -1.92. The third-order valence-electron chi connectivity index (χ3n) is 0.830. The zero-order chi connectivity index (χ0) is 6.85. The largest absolute Gasteiger partial charge is 0.229 e. The molecule has 1 nitrogen and oxygen atoms in total. The topological polar surface area (TPSA) is 12.9 Å². The molecule has 0 aromatic carbocycles. The second-order valence-corrected chi connectivity index (χ2v) is 1.88. The molecule has 0 aliphatic carbocycles. The van der Waals surface area contributed by atoms with Gasteiger partial charge >= 0.3 is 0 Å². The molecule has 0 amide bonds. The van der Waals surface area contributed by atoms with Gasteiger partial charge in [0.15, 0.2) is 0 Å². The van der Waals surface area contributed by atoms with E-state index in [2.05, 4.69) is 17.6 Å². The monoisotopic (exact) mass is 147 g/mol. The Kier molecular flexibility index (Phi) is 1.66. The average Bonchev–Trinajstić information content (AvgIpc) is 1.83. The Morgan fingerprint density at radius 3 is 2.56 bits per heavy atom. The minimum Gasteiger partial charge on any atom is -0.227 e. The van der Waals surface area contributed by atoms with Gasteiger partial charge in [0.25, 0.3) is 0 Å². The van der Waals surface area contributed by atoms with E-state index in [9.17, 15) is 8.78 Å². The van der Waals surface area contributed by atoms with Crippen molar-refractivity contribution >= 4 is 12.6 Å². The highest BCUT2D eigenvalue weighted by atomic mass is 32.1. The molecule has 0 radical (unpaired) electrons. The Morgan fingerprint density at radius 2 is 2.11 bits per heavy atom. The van der Waals surface area contributed by atoms with E-state index >= 15 is 0 Å². The standard InChI is InChI=1S/C5H3F2NS/c6-3-1-2-8-5(7)4(3)9/h1-2,9H. The molecule has 0 saturated carbocycles. The van der Waals surface area contributed by atoms with Crippen LogP contribution in [-0.4, -0.2) is 4.98 Å². The summed E-state index contributed by atoms with van der Waals surface area (Å²) in [6, 6.07) is 1.05. The van der Waals surface area contributed by atoms with Crippen molar-refractivity contribution < 1.29 is 8.78 Å². The molecule has 0 atom stereocenters. The second kappa shape index (κ2) is 2.31. The van der Waals surface area contributed by atoms with Crippen LogP contribution in [0.5, 0.6) is 0 Å². The fourth-order valence-corrected chi connectivity index (χ4v) is 0.539. The molecule has 0 fully saturated rings. The minimum absolute atomic E-state index is 0.336. The second-order valence-electron chi connectivity index (χ2n) is 1.43. The summed E-state index contributed by atoms with van der Waals surface area (Å²) in [5.74, 6) is -1.57. The maximum absolute atomic E-state index is 12.2. The van der Waals surface area contributed by atoms with Crippen molar-refractivity contribution in [2.75, 3.05) is 0 Å². The van der Waals surface area contributed by atoms with Gasteiger partial charge in [-0.3, -0.25) is 0 Å². The van der Waals surface area contributed by atoms with Crippen LogP contribution in [0, 0.1) is 11.8 Å². The first-order chi connectivity index (χ1) is 4.22. The lowest BCUT2D eigenvalue weighted by molar-refractivity contribution is 0.511. The maximum Gasteiger partial charge on any atom is 0.229 e. The molecule has 9 heavy (non-hydrogen) atoms. The summed E-state index contributed by atoms with van der Waals surface area (Å²) in [5.41, 5.74) is 0. The zero-order valence-electron chi connectivity index (χ0n) is 4.31. The van der Waals surface area contributed by atoms with Gasteiger partial charge in [-0.15, -0.1) is 12.6 Å². The molecule has 0 N–H and O–H groups in total. The summed E-state index contributed by atoms with van der Waals surface area (Å²) in [6.07, 6.45) is 1.05. The lowest BCUT2D eigenvalue weighted by atomic mass is 10.5. The lowest BCUT2D eigenvalue weighted by Crippen LogP contribution is -1.86. The molecule has 0 bridgehead atoms. The van der Waals surface area contributed by atoms with Crippen LogP contribution in [0.2, 0.25) is 0 Å². The molecule has 0 saturated heterocycles. The predicted octanol–water partition coefficient (Wildman–Crippen LogP) is 1.65. The van der Waals surface area contributed by atoms with E-state index in [-0.39, 0.29) is 4.90 Å². The van der Waals surface area contributed by atoms with Crippen molar-refractivity contribution in [1.29, 1.82) is 0 Å². The maximum atomic E-state index is 12.2. The summed E-state index contributed by atoms with van der Waals surface area (Å²) in [4.78, 5) is 2.82. The van der Waals surface area contributed by atoms with Gasteiger partial charge in [-0.2, -0.15) is 4.39 Å². The van der Waals surface area contributed by atoms with E-state index in [0.29, 0.717) is 0 Å². The van der Waals surface area contributed by atoms with E-state index in [4.69, 9.17) is 0 Å². The Labute approximate surface area is 56.1 Å². The molecular weight excluding hydrogens is 144 g/mol. The van der Waals surface area contributed by atoms with Crippen LogP contribution >= 0.6 is 12.6 Å². The Bertz CT molecular complexity index is 206. The molecule has 1 heterocycles. The van der Waals surface area contributed by atoms with Crippen LogP contribution in [0.25, 0.3) is 0 Å². The van der Waals surface area contributed by atoms with Gasteiger partial charge in [0, 0.05) is 6.20 Å². The van der Waals surface area contributed by atoms with Crippen LogP contribution in [0.4, 0.5) is 8.78 Å². The number of aromatic nitrogens is 1. The molecule has 0 aliphatic rings. The molecule has 0 unspecified atom stereocenters. The van der Waals surface area contributed by atoms with Gasteiger partial charge < -0.3 is 0 Å². The molecule has 48 valence electrons. The van der Waals surface area contributed by atoms with Crippen molar-refractivity contribution in [3.63, 3.8) is 0 Å². The van der Waals surface area contributed by atoms with Crippen molar-refractivity contribution in [2.24, 2.45) is 0 Å². The van der Waals surface area contributed by atoms with E-state index in [0.717, 1.165) is 12.3 Å². The van der Waals surface area contributed by atoms with E-state index in [1.165, 1.54) is 0 Å². The van der Waals surface area contributed by atoms with Crippen molar-refractivity contribution in [3.05, 3.63) is 24.0 Å². The number of halogens is 2. The van der Waals surface area contributed by atoms with E-state index < -0.39 is 11.8 Å². The molecular formula is C5H3F2NS. The van der Waals surface area contributed by atoms with Crippen LogP contribution in [0.15, 0.2) is 17.2 Å². The van der Waals surface area contributed by atoms with Crippen LogP contribution < -0.4 is 0 Å². The van der Waals surface area contributed by atoms with Gasteiger partial charge in [0.2, 0.25) is 5.95 Å². The van der Waals surface area contributed by atoms with Crippen molar-refractivity contribution in [1.82, 2.24) is 4.98 Å². The fourth-order valence-electron chi connectivity index (χ4n) is 0.407. The van der Waals surface area contributed by atoms with Gasteiger partial charge in [0.05, 0.1) is 4.90 Å². The summed E-state index contributed by atoms with van der Waals surface area (Å²) < 4.78 is 24.4. The third-order valence-corrected chi connectivity index (χ3v) is 1.23. The zero-order valence-corrected chi connectivity index (χ0v) is 5.20. The number of thiol groups is 1. The highest BCUT2D eigenvalue weighted by Crippen LogP contribution is 2.12. The van der Waals surface area contributed by atoms with Crippen molar-refractivity contribution in [2.45, 2.75) is 4.90 Å². The van der Waals surface area contributed by atoms with Crippen LogP contribution in [-0.2, 0) is 0 Å². The molecule has 0 spiro atoms. The molecule has 1 aromatic heterocycles. The van der Waals surface area contributed by atoms with Gasteiger partial charge in [-0.1, -0.05) is 0 Å². The van der Waals surface area contributed by atoms with E-state index in [1.807, 2.05) is 0 Å². The normalized spacial score (nSPS) is 9.67. The first kappa shape index (κ1) is 6.48. The molecule has 0 aliphatic heterocycles. The summed E-state index contributed by atoms with van der Waals surface area (Å²) >= 11 is 3.50. The Balaban J connectivity index is 3.25. The Hall–Kier alpha value is -0.640. The van der Waals surface area contributed by atoms with Crippen LogP contribution in [0.1, 0.15) is 0 Å².